The average Bonchev–Trinajstić information content (AvgIpc) is 2.57. The Hall–Kier alpha value is -1.76. The van der Waals surface area contributed by atoms with Crippen LogP contribution in [-0.2, 0) is 16.0 Å². The minimum Gasteiger partial charge on any atom is -0.345 e. The van der Waals surface area contributed by atoms with Gasteiger partial charge in [0.2, 0.25) is 5.91 Å². The van der Waals surface area contributed by atoms with E-state index < -0.39 is 12.1 Å². The van der Waals surface area contributed by atoms with Gasteiger partial charge < -0.3 is 27.3 Å². The van der Waals surface area contributed by atoms with Crippen molar-refractivity contribution in [3.63, 3.8) is 0 Å². The lowest BCUT2D eigenvalue weighted by Crippen LogP contribution is -2.46. The minimum atomic E-state index is -0.584. The molecule has 6 nitrogen and oxygen atoms in total. The predicted octanol–water partition coefficient (Wildman–Crippen LogP) is -0.0560. The molecule has 0 aliphatic carbocycles. The lowest BCUT2D eigenvalue weighted by Gasteiger charge is -2.16. The van der Waals surface area contributed by atoms with E-state index in [-0.39, 0.29) is 5.91 Å². The third-order valence-electron chi connectivity index (χ3n) is 3.10. The van der Waals surface area contributed by atoms with E-state index in [1.807, 2.05) is 30.3 Å². The summed E-state index contributed by atoms with van der Waals surface area (Å²) >= 11 is 0. The van der Waals surface area contributed by atoms with Gasteiger partial charge in [0.1, 0.15) is 6.29 Å². The molecular formula is C16H28N4O2. The molecule has 0 bridgehead atoms. The van der Waals surface area contributed by atoms with Crippen LogP contribution in [0.4, 0.5) is 0 Å². The molecule has 0 aliphatic heterocycles. The third kappa shape index (κ3) is 8.51. The van der Waals surface area contributed by atoms with Gasteiger partial charge in [-0.05, 0) is 38.4 Å². The van der Waals surface area contributed by atoms with Crippen LogP contribution in [0.2, 0.25) is 0 Å². The second-order valence-electron chi connectivity index (χ2n) is 4.83. The summed E-state index contributed by atoms with van der Waals surface area (Å²) in [7, 11) is 1.50. The second kappa shape index (κ2) is 12.9. The maximum absolute atomic E-state index is 11.9. The molecule has 6 heteroatoms. The normalized spacial score (nSPS) is 12.5. The highest BCUT2D eigenvalue weighted by Gasteiger charge is 2.17. The molecule has 22 heavy (non-hydrogen) atoms. The van der Waals surface area contributed by atoms with Gasteiger partial charge in [-0.2, -0.15) is 0 Å². The van der Waals surface area contributed by atoms with E-state index in [4.69, 9.17) is 11.5 Å². The van der Waals surface area contributed by atoms with E-state index in [1.165, 1.54) is 7.05 Å². The number of unbranched alkanes of at least 4 members (excludes halogenated alkanes) is 1. The van der Waals surface area contributed by atoms with Crippen LogP contribution in [0.3, 0.4) is 0 Å². The predicted molar refractivity (Wildman–Crippen MR) is 89.1 cm³/mol. The highest BCUT2D eigenvalue weighted by atomic mass is 16.2. The van der Waals surface area contributed by atoms with Crippen LogP contribution in [0.5, 0.6) is 0 Å². The fraction of sp³-hybridized carbons (Fsp3) is 0.500. The highest BCUT2D eigenvalue weighted by molar-refractivity contribution is 5.84. The first-order chi connectivity index (χ1) is 10.7. The van der Waals surface area contributed by atoms with Gasteiger partial charge in [0, 0.05) is 0 Å². The van der Waals surface area contributed by atoms with Crippen LogP contribution in [0.1, 0.15) is 24.8 Å². The van der Waals surface area contributed by atoms with Crippen molar-refractivity contribution >= 4 is 12.2 Å². The first-order valence-electron chi connectivity index (χ1n) is 7.50. The van der Waals surface area contributed by atoms with Gasteiger partial charge in [-0.15, -0.1) is 0 Å². The summed E-state index contributed by atoms with van der Waals surface area (Å²) in [5, 5.41) is 2.68. The summed E-state index contributed by atoms with van der Waals surface area (Å²) in [5.41, 5.74) is 16.7. The number of hydrogen-bond acceptors (Lipinski definition) is 5. The number of benzene rings is 1. The SMILES string of the molecule is CN.NCCCCC(N)C(=O)NC(C=O)Cc1ccccc1. The zero-order valence-corrected chi connectivity index (χ0v) is 13.2. The number of hydrogen-bond donors (Lipinski definition) is 4. The van der Waals surface area contributed by atoms with Crippen LogP contribution >= 0.6 is 0 Å². The minimum absolute atomic E-state index is 0.282. The monoisotopic (exact) mass is 308 g/mol. The number of carbonyl (C=O) groups is 2. The van der Waals surface area contributed by atoms with Crippen molar-refractivity contribution in [2.24, 2.45) is 17.2 Å². The first-order valence-corrected chi connectivity index (χ1v) is 7.50. The first kappa shape index (κ1) is 20.2. The molecule has 7 N–H and O–H groups in total. The Morgan fingerprint density at radius 3 is 2.41 bits per heavy atom. The van der Waals surface area contributed by atoms with Crippen molar-refractivity contribution in [2.75, 3.05) is 13.6 Å². The molecule has 0 radical (unpaired) electrons. The molecule has 0 fully saturated rings. The zero-order valence-electron chi connectivity index (χ0n) is 13.2. The molecule has 0 saturated heterocycles. The number of rotatable bonds is 9. The largest absolute Gasteiger partial charge is 0.345 e. The Bertz CT molecular complexity index is 412. The fourth-order valence-corrected chi connectivity index (χ4v) is 1.93. The van der Waals surface area contributed by atoms with E-state index in [1.54, 1.807) is 0 Å². The Labute approximate surface area is 132 Å². The van der Waals surface area contributed by atoms with Crippen LogP contribution < -0.4 is 22.5 Å². The summed E-state index contributed by atoms with van der Waals surface area (Å²) in [6.07, 6.45) is 3.47. The van der Waals surface area contributed by atoms with Crippen molar-refractivity contribution in [3.05, 3.63) is 35.9 Å². The number of carbonyl (C=O) groups excluding carboxylic acids is 2. The topological polar surface area (TPSA) is 124 Å². The molecule has 0 spiro atoms. The molecule has 1 amide bonds. The van der Waals surface area contributed by atoms with E-state index in [0.29, 0.717) is 19.4 Å². The summed E-state index contributed by atoms with van der Waals surface area (Å²) in [5.74, 6) is -0.282. The van der Waals surface area contributed by atoms with Gasteiger partial charge in [-0.1, -0.05) is 36.8 Å². The van der Waals surface area contributed by atoms with Crippen LogP contribution in [0.15, 0.2) is 30.3 Å². The molecule has 1 rings (SSSR count). The number of aldehydes is 1. The summed E-state index contributed by atoms with van der Waals surface area (Å²) in [6.45, 7) is 0.597. The Kier molecular flexibility index (Phi) is 11.9. The van der Waals surface area contributed by atoms with Gasteiger partial charge in [0.05, 0.1) is 12.1 Å². The number of amides is 1. The molecule has 1 aromatic carbocycles. The Balaban J connectivity index is 0.00000211. The molecule has 124 valence electrons. The van der Waals surface area contributed by atoms with Gasteiger partial charge in [0.25, 0.3) is 0 Å². The molecule has 2 atom stereocenters. The molecule has 0 saturated carbocycles. The molecule has 2 unspecified atom stereocenters. The van der Waals surface area contributed by atoms with Crippen molar-refractivity contribution in [2.45, 2.75) is 37.8 Å². The van der Waals surface area contributed by atoms with E-state index in [2.05, 4.69) is 11.1 Å². The van der Waals surface area contributed by atoms with Crippen LogP contribution in [0.25, 0.3) is 0 Å². The van der Waals surface area contributed by atoms with Gasteiger partial charge in [-0.3, -0.25) is 4.79 Å². The van der Waals surface area contributed by atoms with Gasteiger partial charge in [-0.25, -0.2) is 0 Å². The van der Waals surface area contributed by atoms with Crippen molar-refractivity contribution in [1.82, 2.24) is 5.32 Å². The fourth-order valence-electron chi connectivity index (χ4n) is 1.93. The lowest BCUT2D eigenvalue weighted by molar-refractivity contribution is -0.125. The summed E-state index contributed by atoms with van der Waals surface area (Å²) in [4.78, 5) is 22.9. The second-order valence-corrected chi connectivity index (χ2v) is 4.83. The van der Waals surface area contributed by atoms with Gasteiger partial charge in [0.15, 0.2) is 0 Å². The van der Waals surface area contributed by atoms with E-state index >= 15 is 0 Å². The summed E-state index contributed by atoms with van der Waals surface area (Å²) in [6, 6.07) is 8.43. The van der Waals surface area contributed by atoms with Crippen LogP contribution in [-0.4, -0.2) is 37.9 Å². The maximum Gasteiger partial charge on any atom is 0.237 e. The summed E-state index contributed by atoms with van der Waals surface area (Å²) < 4.78 is 0. The molecule has 0 aromatic heterocycles. The van der Waals surface area contributed by atoms with Gasteiger partial charge >= 0.3 is 0 Å². The third-order valence-corrected chi connectivity index (χ3v) is 3.10. The number of nitrogens with one attached hydrogen (secondary N) is 1. The molecular weight excluding hydrogens is 280 g/mol. The van der Waals surface area contributed by atoms with E-state index in [9.17, 15) is 9.59 Å². The van der Waals surface area contributed by atoms with Crippen molar-refractivity contribution in [3.8, 4) is 0 Å². The smallest absolute Gasteiger partial charge is 0.237 e. The molecule has 1 aromatic rings. The molecule has 0 heterocycles. The average molecular weight is 308 g/mol. The van der Waals surface area contributed by atoms with E-state index in [0.717, 1.165) is 24.7 Å². The lowest BCUT2D eigenvalue weighted by atomic mass is 10.1. The maximum atomic E-state index is 11.9. The van der Waals surface area contributed by atoms with Crippen molar-refractivity contribution < 1.29 is 9.59 Å². The van der Waals surface area contributed by atoms with Crippen LogP contribution in [0, 0.1) is 0 Å². The quantitative estimate of drug-likeness (QED) is 0.376. The number of nitrogens with two attached hydrogens (primary N) is 3. The highest BCUT2D eigenvalue weighted by Crippen LogP contribution is 2.03. The Morgan fingerprint density at radius 1 is 1.23 bits per heavy atom. The molecule has 0 aliphatic rings. The zero-order chi connectivity index (χ0) is 16.8. The Morgan fingerprint density at radius 2 is 1.86 bits per heavy atom. The van der Waals surface area contributed by atoms with Crippen molar-refractivity contribution in [1.29, 1.82) is 0 Å². The standard InChI is InChI=1S/C15H23N3O2.CH5N/c16-9-5-4-8-14(17)15(20)18-13(11-19)10-12-6-2-1-3-7-12;1-2/h1-3,6-7,11,13-14H,4-5,8-10,16-17H2,(H,18,20);2H2,1H3.